The number of carboxylic acid groups (broad SMARTS) is 1. The summed E-state index contributed by atoms with van der Waals surface area (Å²) in [5.74, 6) is -0.0660. The molecule has 7 heteroatoms. The van der Waals surface area contributed by atoms with Crippen LogP contribution in [0.1, 0.15) is 62.0 Å². The molecule has 0 bridgehead atoms. The molecule has 3 rings (SSSR count). The number of nitrogens with zero attached hydrogens (tertiary/aromatic N) is 3. The van der Waals surface area contributed by atoms with Gasteiger partial charge in [0.25, 0.3) is 0 Å². The number of aryl methyl sites for hydroxylation is 1. The molecular formula is C23H32N4O3. The van der Waals surface area contributed by atoms with Crippen LogP contribution in [-0.2, 0) is 9.53 Å². The minimum absolute atomic E-state index is 0.0187. The highest BCUT2D eigenvalue weighted by molar-refractivity contribution is 5.69. The number of morpholine rings is 1. The van der Waals surface area contributed by atoms with Gasteiger partial charge in [0.2, 0.25) is 0 Å². The Morgan fingerprint density at radius 1 is 1.20 bits per heavy atom. The van der Waals surface area contributed by atoms with E-state index in [1.165, 1.54) is 5.56 Å². The Morgan fingerprint density at radius 2 is 1.90 bits per heavy atom. The Morgan fingerprint density at radius 3 is 2.50 bits per heavy atom. The molecule has 2 unspecified atom stereocenters. The lowest BCUT2D eigenvalue weighted by atomic mass is 9.90. The van der Waals surface area contributed by atoms with Gasteiger partial charge in [-0.05, 0) is 42.9 Å². The third kappa shape index (κ3) is 5.55. The molecule has 2 N–H and O–H groups in total. The quantitative estimate of drug-likeness (QED) is 0.635. The van der Waals surface area contributed by atoms with Crippen LogP contribution in [0, 0.1) is 6.92 Å². The molecular weight excluding hydrogens is 380 g/mol. The van der Waals surface area contributed by atoms with Crippen molar-refractivity contribution in [1.29, 1.82) is 0 Å². The molecule has 0 spiro atoms. The average molecular weight is 413 g/mol. The van der Waals surface area contributed by atoms with Crippen LogP contribution in [0.2, 0.25) is 0 Å². The van der Waals surface area contributed by atoms with Crippen molar-refractivity contribution in [3.05, 3.63) is 47.5 Å². The lowest BCUT2D eigenvalue weighted by molar-refractivity contribution is -0.137. The summed E-state index contributed by atoms with van der Waals surface area (Å²) in [7, 11) is 0. The van der Waals surface area contributed by atoms with Crippen molar-refractivity contribution in [3.63, 3.8) is 0 Å². The number of aliphatic carboxylic acids is 1. The number of nitrogens with one attached hydrogen (secondary N) is 1. The lowest BCUT2D eigenvalue weighted by Crippen LogP contribution is -2.39. The first-order valence-electron chi connectivity index (χ1n) is 10.7. The van der Waals surface area contributed by atoms with Gasteiger partial charge in [-0.25, -0.2) is 9.97 Å². The molecule has 1 aromatic carbocycles. The van der Waals surface area contributed by atoms with Crippen molar-refractivity contribution in [1.82, 2.24) is 14.9 Å². The first-order valence-corrected chi connectivity index (χ1v) is 10.7. The number of hydrogen-bond donors (Lipinski definition) is 2. The van der Waals surface area contributed by atoms with Crippen LogP contribution in [0.3, 0.4) is 0 Å². The van der Waals surface area contributed by atoms with E-state index in [1.807, 2.05) is 13.8 Å². The predicted octanol–water partition coefficient (Wildman–Crippen LogP) is 4.28. The molecule has 1 saturated heterocycles. The van der Waals surface area contributed by atoms with Crippen molar-refractivity contribution in [2.75, 3.05) is 31.6 Å². The van der Waals surface area contributed by atoms with Gasteiger partial charge in [0.15, 0.2) is 0 Å². The summed E-state index contributed by atoms with van der Waals surface area (Å²) in [5.41, 5.74) is 4.05. The van der Waals surface area contributed by atoms with Crippen molar-refractivity contribution in [2.45, 2.75) is 52.0 Å². The number of carboxylic acids is 1. The number of carbonyl (C=O) groups is 1. The summed E-state index contributed by atoms with van der Waals surface area (Å²) in [5, 5.41) is 12.8. The summed E-state index contributed by atoms with van der Waals surface area (Å²) in [4.78, 5) is 22.4. The van der Waals surface area contributed by atoms with Gasteiger partial charge in [-0.3, -0.25) is 9.69 Å². The molecule has 0 radical (unpaired) electrons. The van der Waals surface area contributed by atoms with E-state index in [0.717, 1.165) is 61.9 Å². The first-order chi connectivity index (χ1) is 14.5. The topological polar surface area (TPSA) is 87.6 Å². The third-order valence-corrected chi connectivity index (χ3v) is 5.75. The van der Waals surface area contributed by atoms with E-state index in [1.54, 1.807) is 12.4 Å². The molecule has 7 nitrogen and oxygen atoms in total. The van der Waals surface area contributed by atoms with Gasteiger partial charge in [-0.15, -0.1) is 0 Å². The number of hydrogen-bond acceptors (Lipinski definition) is 6. The van der Waals surface area contributed by atoms with Crippen LogP contribution in [0.5, 0.6) is 0 Å². The summed E-state index contributed by atoms with van der Waals surface area (Å²) < 4.78 is 5.54. The molecule has 0 saturated carbocycles. The Kier molecular flexibility index (Phi) is 7.76. The maximum absolute atomic E-state index is 11.3. The molecule has 1 aliphatic rings. The van der Waals surface area contributed by atoms with Gasteiger partial charge in [0, 0.05) is 24.8 Å². The maximum atomic E-state index is 11.3. The number of anilines is 2. The van der Waals surface area contributed by atoms with Gasteiger partial charge in [0.05, 0.1) is 37.7 Å². The van der Waals surface area contributed by atoms with Crippen molar-refractivity contribution >= 4 is 17.3 Å². The second-order valence-corrected chi connectivity index (χ2v) is 7.77. The SMILES string of the molecule is CCC(CC(=O)O)c1ccc(C(CC)N2CCOCC2)c(Nc2cnc(C)nc2)c1. The molecule has 2 heterocycles. The molecule has 0 aliphatic carbocycles. The van der Waals surface area contributed by atoms with Crippen LogP contribution in [-0.4, -0.2) is 52.2 Å². The zero-order valence-electron chi connectivity index (χ0n) is 18.1. The van der Waals surface area contributed by atoms with Crippen LogP contribution in [0.4, 0.5) is 11.4 Å². The fourth-order valence-electron chi connectivity index (χ4n) is 4.11. The van der Waals surface area contributed by atoms with Crippen molar-refractivity contribution < 1.29 is 14.6 Å². The van der Waals surface area contributed by atoms with Gasteiger partial charge in [-0.2, -0.15) is 0 Å². The molecule has 30 heavy (non-hydrogen) atoms. The molecule has 2 aromatic rings. The fraction of sp³-hybridized carbons (Fsp3) is 0.522. The molecule has 2 atom stereocenters. The minimum atomic E-state index is -0.771. The number of aromatic nitrogens is 2. The van der Waals surface area contributed by atoms with Gasteiger partial charge < -0.3 is 15.2 Å². The smallest absolute Gasteiger partial charge is 0.303 e. The summed E-state index contributed by atoms with van der Waals surface area (Å²) >= 11 is 0. The standard InChI is InChI=1S/C23H32N4O3/c1-4-17(13-23(28)29)18-6-7-20(22(5-2)27-8-10-30-11-9-27)21(12-18)26-19-14-24-16(3)25-15-19/h6-7,12,14-15,17,22,26H,4-5,8-11,13H2,1-3H3,(H,28,29). The highest BCUT2D eigenvalue weighted by atomic mass is 16.5. The summed E-state index contributed by atoms with van der Waals surface area (Å²) in [6.07, 6.45) is 5.44. The summed E-state index contributed by atoms with van der Waals surface area (Å²) in [6, 6.07) is 6.61. The van der Waals surface area contributed by atoms with Gasteiger partial charge >= 0.3 is 5.97 Å². The molecule has 0 amide bonds. The van der Waals surface area contributed by atoms with E-state index in [0.29, 0.717) is 0 Å². The van der Waals surface area contributed by atoms with Gasteiger partial charge in [0.1, 0.15) is 5.82 Å². The molecule has 1 aliphatic heterocycles. The largest absolute Gasteiger partial charge is 0.481 e. The number of rotatable bonds is 9. The van der Waals surface area contributed by atoms with E-state index in [4.69, 9.17) is 4.74 Å². The zero-order valence-corrected chi connectivity index (χ0v) is 18.1. The summed E-state index contributed by atoms with van der Waals surface area (Å²) in [6.45, 7) is 9.41. The van der Waals surface area contributed by atoms with Crippen LogP contribution in [0.15, 0.2) is 30.6 Å². The predicted molar refractivity (Wildman–Crippen MR) is 117 cm³/mol. The zero-order chi connectivity index (χ0) is 21.5. The number of ether oxygens (including phenoxy) is 1. The molecule has 162 valence electrons. The van der Waals surface area contributed by atoms with E-state index in [9.17, 15) is 9.90 Å². The van der Waals surface area contributed by atoms with Crippen LogP contribution >= 0.6 is 0 Å². The highest BCUT2D eigenvalue weighted by Crippen LogP contribution is 2.36. The van der Waals surface area contributed by atoms with Crippen LogP contribution in [0.25, 0.3) is 0 Å². The van der Waals surface area contributed by atoms with E-state index in [2.05, 4.69) is 45.3 Å². The first kappa shape index (κ1) is 22.2. The highest BCUT2D eigenvalue weighted by Gasteiger charge is 2.24. The molecule has 1 fully saturated rings. The Bertz CT molecular complexity index is 835. The normalized spacial score (nSPS) is 16.8. The molecule has 1 aromatic heterocycles. The van der Waals surface area contributed by atoms with Crippen molar-refractivity contribution in [2.24, 2.45) is 0 Å². The van der Waals surface area contributed by atoms with Crippen molar-refractivity contribution in [3.8, 4) is 0 Å². The maximum Gasteiger partial charge on any atom is 0.303 e. The second kappa shape index (κ2) is 10.5. The second-order valence-electron chi connectivity index (χ2n) is 7.77. The lowest BCUT2D eigenvalue weighted by Gasteiger charge is -2.35. The third-order valence-electron chi connectivity index (χ3n) is 5.75. The monoisotopic (exact) mass is 412 g/mol. The van der Waals surface area contributed by atoms with E-state index >= 15 is 0 Å². The minimum Gasteiger partial charge on any atom is -0.481 e. The fourth-order valence-corrected chi connectivity index (χ4v) is 4.11. The van der Waals surface area contributed by atoms with E-state index < -0.39 is 5.97 Å². The number of benzene rings is 1. The van der Waals surface area contributed by atoms with Crippen LogP contribution < -0.4 is 5.32 Å². The Labute approximate surface area is 178 Å². The van der Waals surface area contributed by atoms with Gasteiger partial charge in [-0.1, -0.05) is 26.0 Å². The average Bonchev–Trinajstić information content (AvgIpc) is 2.76. The Hall–Kier alpha value is -2.51. The van der Waals surface area contributed by atoms with E-state index in [-0.39, 0.29) is 18.4 Å². The Balaban J connectivity index is 1.98.